The van der Waals surface area contributed by atoms with Crippen LogP contribution in [0.4, 0.5) is 5.69 Å². The maximum absolute atomic E-state index is 12.2. The molecule has 2 N–H and O–H groups in total. The topological polar surface area (TPSA) is 41.1 Å². The molecule has 0 aromatic heterocycles. The van der Waals surface area contributed by atoms with Gasteiger partial charge in [-0.15, -0.1) is 0 Å². The number of nitrogens with one attached hydrogen (secondary N) is 2. The average molecular weight is 246 g/mol. The van der Waals surface area contributed by atoms with Gasteiger partial charge in [0.25, 0.3) is 0 Å². The Morgan fingerprint density at radius 2 is 2.17 bits per heavy atom. The third-order valence-electron chi connectivity index (χ3n) is 3.51. The molecule has 0 bridgehead atoms. The van der Waals surface area contributed by atoms with E-state index in [1.165, 1.54) is 5.56 Å². The minimum Gasteiger partial charge on any atom is -0.326 e. The summed E-state index contributed by atoms with van der Waals surface area (Å²) in [6.07, 6.45) is 2.08. The fourth-order valence-electron chi connectivity index (χ4n) is 2.42. The van der Waals surface area contributed by atoms with Gasteiger partial charge in [-0.3, -0.25) is 4.79 Å². The van der Waals surface area contributed by atoms with Gasteiger partial charge in [0.2, 0.25) is 5.91 Å². The van der Waals surface area contributed by atoms with Crippen LogP contribution in [-0.4, -0.2) is 19.0 Å². The highest BCUT2D eigenvalue weighted by atomic mass is 16.1. The van der Waals surface area contributed by atoms with Gasteiger partial charge in [0, 0.05) is 12.2 Å². The average Bonchev–Trinajstić information content (AvgIpc) is 2.40. The number of rotatable bonds is 3. The van der Waals surface area contributed by atoms with E-state index in [1.54, 1.807) is 0 Å². The van der Waals surface area contributed by atoms with E-state index in [9.17, 15) is 4.79 Å². The first-order valence-electron chi connectivity index (χ1n) is 6.79. The summed E-state index contributed by atoms with van der Waals surface area (Å²) >= 11 is 0. The summed E-state index contributed by atoms with van der Waals surface area (Å²) in [5.41, 5.74) is 2.16. The summed E-state index contributed by atoms with van der Waals surface area (Å²) < 4.78 is 0. The van der Waals surface area contributed by atoms with Crippen molar-refractivity contribution in [1.29, 1.82) is 0 Å². The molecular weight excluding hydrogens is 224 g/mol. The van der Waals surface area contributed by atoms with Crippen LogP contribution >= 0.6 is 0 Å². The van der Waals surface area contributed by atoms with Gasteiger partial charge in [-0.1, -0.05) is 32.0 Å². The quantitative estimate of drug-likeness (QED) is 0.861. The van der Waals surface area contributed by atoms with Gasteiger partial charge in [-0.25, -0.2) is 0 Å². The Hall–Kier alpha value is -1.35. The van der Waals surface area contributed by atoms with Gasteiger partial charge in [0.15, 0.2) is 0 Å². The maximum atomic E-state index is 12.2. The van der Waals surface area contributed by atoms with Crippen LogP contribution in [0.25, 0.3) is 0 Å². The van der Waals surface area contributed by atoms with Crippen molar-refractivity contribution in [3.05, 3.63) is 29.8 Å². The number of amides is 1. The summed E-state index contributed by atoms with van der Waals surface area (Å²) in [7, 11) is 0. The van der Waals surface area contributed by atoms with Crippen molar-refractivity contribution in [2.24, 2.45) is 5.92 Å². The SMILES string of the molecule is CC(C)c1ccccc1NC(=O)[C@@H]1CCCNC1. The minimum atomic E-state index is 0.110. The molecule has 0 unspecified atom stereocenters. The summed E-state index contributed by atoms with van der Waals surface area (Å²) in [5, 5.41) is 6.36. The molecule has 1 atom stereocenters. The van der Waals surface area contributed by atoms with E-state index in [0.717, 1.165) is 31.6 Å². The predicted molar refractivity (Wildman–Crippen MR) is 74.8 cm³/mol. The lowest BCUT2D eigenvalue weighted by Crippen LogP contribution is -2.37. The Bertz CT molecular complexity index is 409. The maximum Gasteiger partial charge on any atom is 0.228 e. The Kier molecular flexibility index (Phi) is 4.37. The fourth-order valence-corrected chi connectivity index (χ4v) is 2.42. The van der Waals surface area contributed by atoms with Crippen molar-refractivity contribution < 1.29 is 4.79 Å². The lowest BCUT2D eigenvalue weighted by Gasteiger charge is -2.23. The monoisotopic (exact) mass is 246 g/mol. The second-order valence-electron chi connectivity index (χ2n) is 5.27. The van der Waals surface area contributed by atoms with Crippen molar-refractivity contribution in [2.45, 2.75) is 32.6 Å². The number of hydrogen-bond donors (Lipinski definition) is 2. The summed E-state index contributed by atoms with van der Waals surface area (Å²) in [6.45, 7) is 6.13. The molecule has 18 heavy (non-hydrogen) atoms. The number of benzene rings is 1. The van der Waals surface area contributed by atoms with Crippen LogP contribution in [0.3, 0.4) is 0 Å². The van der Waals surface area contributed by atoms with Gasteiger partial charge in [0.05, 0.1) is 5.92 Å². The van der Waals surface area contributed by atoms with Crippen molar-refractivity contribution in [3.63, 3.8) is 0 Å². The first-order valence-corrected chi connectivity index (χ1v) is 6.79. The van der Waals surface area contributed by atoms with Crippen molar-refractivity contribution in [1.82, 2.24) is 5.32 Å². The highest BCUT2D eigenvalue weighted by Gasteiger charge is 2.21. The molecule has 1 fully saturated rings. The van der Waals surface area contributed by atoms with Crippen LogP contribution in [0.15, 0.2) is 24.3 Å². The van der Waals surface area contributed by atoms with E-state index < -0.39 is 0 Å². The van der Waals surface area contributed by atoms with Crippen LogP contribution in [0, 0.1) is 5.92 Å². The molecule has 0 saturated carbocycles. The highest BCUT2D eigenvalue weighted by molar-refractivity contribution is 5.93. The van der Waals surface area contributed by atoms with E-state index in [2.05, 4.69) is 30.5 Å². The Morgan fingerprint density at radius 3 is 2.83 bits per heavy atom. The van der Waals surface area contributed by atoms with Gasteiger partial charge in [-0.2, -0.15) is 0 Å². The van der Waals surface area contributed by atoms with Crippen molar-refractivity contribution in [2.75, 3.05) is 18.4 Å². The molecule has 1 aromatic rings. The number of hydrogen-bond acceptors (Lipinski definition) is 2. The number of carbonyl (C=O) groups is 1. The molecule has 0 spiro atoms. The normalized spacial score (nSPS) is 19.8. The van der Waals surface area contributed by atoms with Crippen LogP contribution in [0.5, 0.6) is 0 Å². The van der Waals surface area contributed by atoms with Crippen LogP contribution in [0.1, 0.15) is 38.2 Å². The Morgan fingerprint density at radius 1 is 1.39 bits per heavy atom. The van der Waals surface area contributed by atoms with Crippen LogP contribution in [-0.2, 0) is 4.79 Å². The summed E-state index contributed by atoms with van der Waals surface area (Å²) in [5.74, 6) is 0.681. The number of carbonyl (C=O) groups excluding carboxylic acids is 1. The van der Waals surface area contributed by atoms with Crippen LogP contribution in [0.2, 0.25) is 0 Å². The zero-order valence-corrected chi connectivity index (χ0v) is 11.2. The molecule has 1 aromatic carbocycles. The van der Waals surface area contributed by atoms with E-state index in [-0.39, 0.29) is 11.8 Å². The van der Waals surface area contributed by atoms with Gasteiger partial charge >= 0.3 is 0 Å². The summed E-state index contributed by atoms with van der Waals surface area (Å²) in [6, 6.07) is 8.07. The number of piperidine rings is 1. The van der Waals surface area contributed by atoms with Gasteiger partial charge < -0.3 is 10.6 Å². The molecule has 1 aliphatic rings. The van der Waals surface area contributed by atoms with Crippen molar-refractivity contribution in [3.8, 4) is 0 Å². The largest absolute Gasteiger partial charge is 0.326 e. The lowest BCUT2D eigenvalue weighted by molar-refractivity contribution is -0.120. The van der Waals surface area contributed by atoms with E-state index in [0.29, 0.717) is 5.92 Å². The Labute approximate surface area is 109 Å². The van der Waals surface area contributed by atoms with Gasteiger partial charge in [0.1, 0.15) is 0 Å². The minimum absolute atomic E-state index is 0.110. The standard InChI is InChI=1S/C15H22N2O/c1-11(2)13-7-3-4-8-14(13)17-15(18)12-6-5-9-16-10-12/h3-4,7-8,11-12,16H,5-6,9-10H2,1-2H3,(H,17,18)/t12-/m1/s1. The van der Waals surface area contributed by atoms with Crippen LogP contribution < -0.4 is 10.6 Å². The molecule has 0 radical (unpaired) electrons. The highest BCUT2D eigenvalue weighted by Crippen LogP contribution is 2.24. The molecule has 98 valence electrons. The zero-order chi connectivity index (χ0) is 13.0. The van der Waals surface area contributed by atoms with Crippen molar-refractivity contribution >= 4 is 11.6 Å². The molecule has 1 amide bonds. The molecule has 1 heterocycles. The first kappa shape index (κ1) is 13.1. The zero-order valence-electron chi connectivity index (χ0n) is 11.2. The smallest absolute Gasteiger partial charge is 0.228 e. The fraction of sp³-hybridized carbons (Fsp3) is 0.533. The third-order valence-corrected chi connectivity index (χ3v) is 3.51. The Balaban J connectivity index is 2.06. The molecule has 3 heteroatoms. The third kappa shape index (κ3) is 3.10. The molecule has 0 aliphatic carbocycles. The van der Waals surface area contributed by atoms with E-state index >= 15 is 0 Å². The first-order chi connectivity index (χ1) is 8.68. The molecular formula is C15H22N2O. The van der Waals surface area contributed by atoms with E-state index in [4.69, 9.17) is 0 Å². The molecule has 3 nitrogen and oxygen atoms in total. The second-order valence-corrected chi connectivity index (χ2v) is 5.27. The molecule has 2 rings (SSSR count). The molecule has 1 saturated heterocycles. The predicted octanol–water partition coefficient (Wildman–Crippen LogP) is 2.75. The second kappa shape index (κ2) is 6.01. The van der Waals surface area contributed by atoms with E-state index in [1.807, 2.05) is 18.2 Å². The van der Waals surface area contributed by atoms with Gasteiger partial charge in [-0.05, 0) is 36.9 Å². The number of para-hydroxylation sites is 1. The number of anilines is 1. The molecule has 1 aliphatic heterocycles. The summed E-state index contributed by atoms with van der Waals surface area (Å²) in [4.78, 5) is 12.2. The lowest BCUT2D eigenvalue weighted by atomic mass is 9.97.